The lowest BCUT2D eigenvalue weighted by Crippen LogP contribution is -2.47. The molecule has 0 amide bonds. The van der Waals surface area contributed by atoms with Gasteiger partial charge < -0.3 is 4.90 Å². The fourth-order valence-electron chi connectivity index (χ4n) is 2.89. The summed E-state index contributed by atoms with van der Waals surface area (Å²) in [6.45, 7) is 2.81. The highest BCUT2D eigenvalue weighted by Gasteiger charge is 2.28. The number of piperazine rings is 1. The van der Waals surface area contributed by atoms with Gasteiger partial charge in [-0.15, -0.1) is 0 Å². The Kier molecular flexibility index (Phi) is 3.37. The monoisotopic (exact) mass is 280 g/mol. The number of benzene rings is 1. The van der Waals surface area contributed by atoms with Crippen LogP contribution in [0.25, 0.3) is 0 Å². The van der Waals surface area contributed by atoms with Gasteiger partial charge >= 0.3 is 0 Å². The van der Waals surface area contributed by atoms with Gasteiger partial charge in [0, 0.05) is 26.2 Å². The van der Waals surface area contributed by atoms with Crippen LogP contribution in [-0.2, 0) is 22.9 Å². The Balaban J connectivity index is 1.88. The van der Waals surface area contributed by atoms with Crippen molar-refractivity contribution in [3.8, 4) is 0 Å². The number of hydrogen-bond donors (Lipinski definition) is 0. The van der Waals surface area contributed by atoms with Crippen LogP contribution in [-0.4, -0.2) is 50.8 Å². The Morgan fingerprint density at radius 2 is 1.68 bits per heavy atom. The maximum atomic E-state index is 12.6. The second kappa shape index (κ2) is 4.89. The standard InChI is InChI=1S/C14H20N2O2S/c1-15-7-9-16(10-8-15)19(17,18)14-6-5-12-3-2-4-13(12)11-14/h5-6,11H,2-4,7-10H2,1H3. The average molecular weight is 280 g/mol. The van der Waals surface area contributed by atoms with Crippen LogP contribution in [0, 0.1) is 0 Å². The second-order valence-electron chi connectivity index (χ2n) is 5.49. The van der Waals surface area contributed by atoms with Crippen molar-refractivity contribution in [1.82, 2.24) is 9.21 Å². The Morgan fingerprint density at radius 3 is 2.42 bits per heavy atom. The quantitative estimate of drug-likeness (QED) is 0.815. The summed E-state index contributed by atoms with van der Waals surface area (Å²) >= 11 is 0. The average Bonchev–Trinajstić information content (AvgIpc) is 2.86. The molecular formula is C14H20N2O2S. The zero-order chi connectivity index (χ0) is 13.5. The van der Waals surface area contributed by atoms with Gasteiger partial charge in [0.15, 0.2) is 0 Å². The highest BCUT2D eigenvalue weighted by Crippen LogP contribution is 2.26. The van der Waals surface area contributed by atoms with Crippen LogP contribution in [0.2, 0.25) is 0 Å². The molecule has 4 nitrogen and oxygen atoms in total. The lowest BCUT2D eigenvalue weighted by Gasteiger charge is -2.31. The minimum absolute atomic E-state index is 0.470. The first-order valence-electron chi connectivity index (χ1n) is 6.88. The van der Waals surface area contributed by atoms with Crippen molar-refractivity contribution in [2.75, 3.05) is 33.2 Å². The summed E-state index contributed by atoms with van der Waals surface area (Å²) in [6.07, 6.45) is 3.25. The van der Waals surface area contributed by atoms with Crippen molar-refractivity contribution in [3.05, 3.63) is 29.3 Å². The van der Waals surface area contributed by atoms with E-state index in [0.29, 0.717) is 18.0 Å². The molecule has 0 spiro atoms. The number of fused-ring (bicyclic) bond motifs is 1. The predicted octanol–water partition coefficient (Wildman–Crippen LogP) is 1.11. The molecule has 0 N–H and O–H groups in total. The smallest absolute Gasteiger partial charge is 0.243 e. The van der Waals surface area contributed by atoms with Crippen molar-refractivity contribution in [2.45, 2.75) is 24.2 Å². The number of hydrogen-bond acceptors (Lipinski definition) is 3. The van der Waals surface area contributed by atoms with Gasteiger partial charge in [-0.25, -0.2) is 8.42 Å². The first-order valence-corrected chi connectivity index (χ1v) is 8.32. The molecule has 1 aromatic carbocycles. The number of nitrogens with zero attached hydrogens (tertiary/aromatic N) is 2. The Hall–Kier alpha value is -0.910. The molecule has 19 heavy (non-hydrogen) atoms. The number of sulfonamides is 1. The minimum atomic E-state index is -3.30. The largest absolute Gasteiger partial charge is 0.304 e. The molecule has 5 heteroatoms. The lowest BCUT2D eigenvalue weighted by molar-refractivity contribution is 0.222. The molecule has 1 aliphatic carbocycles. The van der Waals surface area contributed by atoms with E-state index in [1.54, 1.807) is 10.4 Å². The van der Waals surface area contributed by atoms with Crippen LogP contribution in [0.15, 0.2) is 23.1 Å². The maximum absolute atomic E-state index is 12.6. The van der Waals surface area contributed by atoms with E-state index in [9.17, 15) is 8.42 Å². The molecule has 1 aliphatic heterocycles. The molecule has 1 saturated heterocycles. The summed E-state index contributed by atoms with van der Waals surface area (Å²) in [7, 11) is -1.27. The molecule has 0 radical (unpaired) electrons. The molecule has 0 bridgehead atoms. The van der Waals surface area contributed by atoms with E-state index >= 15 is 0 Å². The molecule has 0 atom stereocenters. The third-order valence-corrected chi connectivity index (χ3v) is 6.06. The van der Waals surface area contributed by atoms with Crippen LogP contribution in [0.4, 0.5) is 0 Å². The summed E-state index contributed by atoms with van der Waals surface area (Å²) in [5.74, 6) is 0. The van der Waals surface area contributed by atoms with E-state index in [1.807, 2.05) is 19.2 Å². The zero-order valence-electron chi connectivity index (χ0n) is 11.3. The Bertz CT molecular complexity index is 575. The molecule has 3 rings (SSSR count). The van der Waals surface area contributed by atoms with E-state index < -0.39 is 10.0 Å². The molecule has 104 valence electrons. The van der Waals surface area contributed by atoms with E-state index in [2.05, 4.69) is 4.90 Å². The third-order valence-electron chi connectivity index (χ3n) is 4.17. The highest BCUT2D eigenvalue weighted by molar-refractivity contribution is 7.89. The van der Waals surface area contributed by atoms with Gasteiger partial charge in [0.25, 0.3) is 0 Å². The maximum Gasteiger partial charge on any atom is 0.243 e. The van der Waals surface area contributed by atoms with Crippen molar-refractivity contribution < 1.29 is 8.42 Å². The molecule has 1 aromatic rings. The van der Waals surface area contributed by atoms with Gasteiger partial charge in [0.1, 0.15) is 0 Å². The number of rotatable bonds is 2. The van der Waals surface area contributed by atoms with Crippen molar-refractivity contribution in [1.29, 1.82) is 0 Å². The molecule has 1 heterocycles. The molecule has 0 saturated carbocycles. The normalized spacial score (nSPS) is 21.5. The van der Waals surface area contributed by atoms with Crippen LogP contribution in [0.3, 0.4) is 0 Å². The Morgan fingerprint density at radius 1 is 1.00 bits per heavy atom. The van der Waals surface area contributed by atoms with Crippen LogP contribution in [0.1, 0.15) is 17.5 Å². The van der Waals surface area contributed by atoms with Crippen molar-refractivity contribution in [3.63, 3.8) is 0 Å². The van der Waals surface area contributed by atoms with Gasteiger partial charge in [0.2, 0.25) is 10.0 Å². The molecule has 0 aromatic heterocycles. The van der Waals surface area contributed by atoms with Crippen molar-refractivity contribution >= 4 is 10.0 Å². The summed E-state index contributed by atoms with van der Waals surface area (Å²) < 4.78 is 26.8. The van der Waals surface area contributed by atoms with Crippen LogP contribution >= 0.6 is 0 Å². The van der Waals surface area contributed by atoms with Crippen LogP contribution < -0.4 is 0 Å². The Labute approximate surface area is 115 Å². The second-order valence-corrected chi connectivity index (χ2v) is 7.43. The lowest BCUT2D eigenvalue weighted by atomic mass is 10.1. The summed E-state index contributed by atoms with van der Waals surface area (Å²) in [4.78, 5) is 2.63. The molecule has 0 unspecified atom stereocenters. The van der Waals surface area contributed by atoms with E-state index in [4.69, 9.17) is 0 Å². The molecule has 2 aliphatic rings. The van der Waals surface area contributed by atoms with Gasteiger partial charge in [-0.05, 0) is 49.6 Å². The third kappa shape index (κ3) is 2.42. The van der Waals surface area contributed by atoms with E-state index in [1.165, 1.54) is 11.1 Å². The van der Waals surface area contributed by atoms with Crippen LogP contribution in [0.5, 0.6) is 0 Å². The number of likely N-dealkylation sites (N-methyl/N-ethyl adjacent to an activating group) is 1. The first-order chi connectivity index (χ1) is 9.07. The molecule has 1 fully saturated rings. The summed E-state index contributed by atoms with van der Waals surface area (Å²) in [6, 6.07) is 5.65. The van der Waals surface area contributed by atoms with Gasteiger partial charge in [0.05, 0.1) is 4.90 Å². The van der Waals surface area contributed by atoms with E-state index in [0.717, 1.165) is 32.4 Å². The van der Waals surface area contributed by atoms with Gasteiger partial charge in [-0.3, -0.25) is 0 Å². The minimum Gasteiger partial charge on any atom is -0.304 e. The topological polar surface area (TPSA) is 40.6 Å². The first kappa shape index (κ1) is 13.1. The predicted molar refractivity (Wildman–Crippen MR) is 74.7 cm³/mol. The summed E-state index contributed by atoms with van der Waals surface area (Å²) in [5, 5.41) is 0. The fourth-order valence-corrected chi connectivity index (χ4v) is 4.36. The SMILES string of the molecule is CN1CCN(S(=O)(=O)c2ccc3c(c2)CCC3)CC1. The van der Waals surface area contributed by atoms with E-state index in [-0.39, 0.29) is 0 Å². The van der Waals surface area contributed by atoms with Gasteiger partial charge in [-0.1, -0.05) is 6.07 Å². The number of aryl methyl sites for hydroxylation is 2. The summed E-state index contributed by atoms with van der Waals surface area (Å²) in [5.41, 5.74) is 2.53. The molecular weight excluding hydrogens is 260 g/mol. The highest BCUT2D eigenvalue weighted by atomic mass is 32.2. The van der Waals surface area contributed by atoms with Gasteiger partial charge in [-0.2, -0.15) is 4.31 Å². The zero-order valence-corrected chi connectivity index (χ0v) is 12.1. The van der Waals surface area contributed by atoms with Crippen molar-refractivity contribution in [2.24, 2.45) is 0 Å². The fraction of sp³-hybridized carbons (Fsp3) is 0.571.